The first-order valence-electron chi connectivity index (χ1n) is 9.09. The Labute approximate surface area is 131 Å². The molecule has 0 bridgehead atoms. The highest BCUT2D eigenvalue weighted by Gasteiger charge is 2.32. The van der Waals surface area contributed by atoms with Crippen LogP contribution in [0.1, 0.15) is 64.7 Å². The van der Waals surface area contributed by atoms with Gasteiger partial charge < -0.3 is 0 Å². The zero-order valence-corrected chi connectivity index (χ0v) is 14.8. The number of hydrogen-bond acceptors (Lipinski definition) is 0. The van der Waals surface area contributed by atoms with Crippen molar-refractivity contribution in [2.45, 2.75) is 71.3 Å². The van der Waals surface area contributed by atoms with E-state index in [1.165, 1.54) is 57.8 Å². The number of rotatable bonds is 2. The van der Waals surface area contributed by atoms with Gasteiger partial charge in [0, 0.05) is 0 Å². The minimum Gasteiger partial charge on any atom is -0.0752 e. The van der Waals surface area contributed by atoms with Gasteiger partial charge >= 0.3 is 0 Å². The molecule has 21 heavy (non-hydrogen) atoms. The maximum atomic E-state index is 2.65. The topological polar surface area (TPSA) is 0 Å². The molecule has 0 aliphatic heterocycles. The van der Waals surface area contributed by atoms with Gasteiger partial charge in [-0.1, -0.05) is 47.2 Å². The molecule has 4 rings (SSSR count). The standard InChI is InChI=1S/C20H28Si/c1-14-19-10-6-5-9-17(19)13-20(14)21(2)18-11-15-7-3-4-8-16(15)12-18/h11,13-14,21H,3-10,12H2,1-2H3. The molecule has 4 aliphatic carbocycles. The van der Waals surface area contributed by atoms with E-state index in [4.69, 9.17) is 0 Å². The predicted octanol–water partition coefficient (Wildman–Crippen LogP) is 5.57. The summed E-state index contributed by atoms with van der Waals surface area (Å²) in [6.07, 6.45) is 17.8. The quantitative estimate of drug-likeness (QED) is 0.584. The lowest BCUT2D eigenvalue weighted by atomic mass is 9.89. The summed E-state index contributed by atoms with van der Waals surface area (Å²) in [5, 5.41) is 3.70. The van der Waals surface area contributed by atoms with E-state index in [1.54, 1.807) is 16.7 Å². The Hall–Kier alpha value is -0.823. The fourth-order valence-corrected chi connectivity index (χ4v) is 7.85. The first-order valence-corrected chi connectivity index (χ1v) is 11.4. The number of allylic oxidation sites excluding steroid dienone is 8. The molecule has 2 unspecified atom stereocenters. The lowest BCUT2D eigenvalue weighted by Crippen LogP contribution is -2.19. The predicted molar refractivity (Wildman–Crippen MR) is 93.9 cm³/mol. The summed E-state index contributed by atoms with van der Waals surface area (Å²) in [7, 11) is -0.880. The van der Waals surface area contributed by atoms with Crippen molar-refractivity contribution in [2.24, 2.45) is 5.92 Å². The van der Waals surface area contributed by atoms with Gasteiger partial charge in [-0.05, 0) is 74.9 Å². The first-order chi connectivity index (χ1) is 10.2. The zero-order chi connectivity index (χ0) is 14.4. The van der Waals surface area contributed by atoms with Crippen LogP contribution in [0.2, 0.25) is 6.55 Å². The molecule has 0 amide bonds. The Morgan fingerprint density at radius 1 is 0.905 bits per heavy atom. The second kappa shape index (κ2) is 5.42. The van der Waals surface area contributed by atoms with Crippen LogP contribution < -0.4 is 0 Å². The van der Waals surface area contributed by atoms with Crippen LogP contribution in [0.15, 0.2) is 44.8 Å². The van der Waals surface area contributed by atoms with E-state index in [2.05, 4.69) is 25.6 Å². The van der Waals surface area contributed by atoms with Gasteiger partial charge in [0.25, 0.3) is 0 Å². The molecular formula is C20H28Si. The van der Waals surface area contributed by atoms with Gasteiger partial charge in [0.1, 0.15) is 0 Å². The molecule has 0 heterocycles. The summed E-state index contributed by atoms with van der Waals surface area (Å²) in [6.45, 7) is 5.09. The van der Waals surface area contributed by atoms with Crippen molar-refractivity contribution in [1.29, 1.82) is 0 Å². The monoisotopic (exact) mass is 296 g/mol. The van der Waals surface area contributed by atoms with Crippen molar-refractivity contribution >= 4 is 8.80 Å². The number of hydrogen-bond donors (Lipinski definition) is 0. The molecule has 0 fully saturated rings. The van der Waals surface area contributed by atoms with Gasteiger partial charge in [-0.15, -0.1) is 0 Å². The van der Waals surface area contributed by atoms with Crippen molar-refractivity contribution in [1.82, 2.24) is 0 Å². The van der Waals surface area contributed by atoms with Crippen LogP contribution in [-0.4, -0.2) is 8.80 Å². The normalized spacial score (nSPS) is 30.1. The average molecular weight is 297 g/mol. The molecule has 0 aromatic heterocycles. The third-order valence-corrected chi connectivity index (χ3v) is 9.53. The Balaban J connectivity index is 1.53. The average Bonchev–Trinajstić information content (AvgIpc) is 3.08. The lowest BCUT2D eigenvalue weighted by molar-refractivity contribution is 0.642. The summed E-state index contributed by atoms with van der Waals surface area (Å²) < 4.78 is 0. The van der Waals surface area contributed by atoms with Crippen molar-refractivity contribution in [3.8, 4) is 0 Å². The second-order valence-electron chi connectivity index (χ2n) is 7.58. The van der Waals surface area contributed by atoms with Crippen molar-refractivity contribution < 1.29 is 0 Å². The summed E-state index contributed by atoms with van der Waals surface area (Å²) in [5.41, 5.74) is 7.09. The molecule has 0 radical (unpaired) electrons. The van der Waals surface area contributed by atoms with Crippen LogP contribution in [0.5, 0.6) is 0 Å². The van der Waals surface area contributed by atoms with Crippen LogP contribution >= 0.6 is 0 Å². The zero-order valence-electron chi connectivity index (χ0n) is 13.7. The Kier molecular flexibility index (Phi) is 3.57. The molecule has 0 saturated carbocycles. The van der Waals surface area contributed by atoms with E-state index in [0.29, 0.717) is 0 Å². The van der Waals surface area contributed by atoms with E-state index in [9.17, 15) is 0 Å². The largest absolute Gasteiger partial charge is 0.0907 e. The Morgan fingerprint density at radius 2 is 1.62 bits per heavy atom. The summed E-state index contributed by atoms with van der Waals surface area (Å²) in [4.78, 5) is 0. The van der Waals surface area contributed by atoms with Gasteiger partial charge in [-0.3, -0.25) is 0 Å². The maximum absolute atomic E-state index is 2.65. The van der Waals surface area contributed by atoms with E-state index in [0.717, 1.165) is 5.92 Å². The van der Waals surface area contributed by atoms with Gasteiger partial charge in [0.15, 0.2) is 0 Å². The van der Waals surface area contributed by atoms with Crippen LogP contribution in [-0.2, 0) is 0 Å². The molecule has 112 valence electrons. The van der Waals surface area contributed by atoms with Gasteiger partial charge in [-0.25, -0.2) is 0 Å². The van der Waals surface area contributed by atoms with Gasteiger partial charge in [-0.2, -0.15) is 0 Å². The molecule has 0 N–H and O–H groups in total. The second-order valence-corrected chi connectivity index (χ2v) is 10.4. The van der Waals surface area contributed by atoms with E-state index in [1.807, 2.05) is 16.0 Å². The fourth-order valence-electron chi connectivity index (χ4n) is 5.02. The van der Waals surface area contributed by atoms with Gasteiger partial charge in [0.05, 0.1) is 8.80 Å². The van der Waals surface area contributed by atoms with Crippen LogP contribution in [0, 0.1) is 5.92 Å². The minimum absolute atomic E-state index is 0.778. The summed E-state index contributed by atoms with van der Waals surface area (Å²) >= 11 is 0. The molecule has 2 atom stereocenters. The first kappa shape index (κ1) is 13.8. The summed E-state index contributed by atoms with van der Waals surface area (Å²) in [6, 6.07) is 0. The molecule has 0 saturated heterocycles. The molecule has 0 spiro atoms. The SMILES string of the molecule is CC1C([SiH](C)C2=CC3=C(CCCC3)C2)=CC2=C1CCCC2. The highest BCUT2D eigenvalue weighted by atomic mass is 28.3. The smallest absolute Gasteiger partial charge is 0.0752 e. The van der Waals surface area contributed by atoms with E-state index >= 15 is 0 Å². The van der Waals surface area contributed by atoms with Crippen LogP contribution in [0.3, 0.4) is 0 Å². The molecule has 0 aromatic carbocycles. The van der Waals surface area contributed by atoms with E-state index < -0.39 is 8.80 Å². The summed E-state index contributed by atoms with van der Waals surface area (Å²) in [5.74, 6) is 0.778. The van der Waals surface area contributed by atoms with Crippen molar-refractivity contribution in [3.63, 3.8) is 0 Å². The van der Waals surface area contributed by atoms with E-state index in [-0.39, 0.29) is 0 Å². The van der Waals surface area contributed by atoms with Crippen LogP contribution in [0.4, 0.5) is 0 Å². The molecule has 4 aliphatic rings. The van der Waals surface area contributed by atoms with Crippen molar-refractivity contribution in [2.75, 3.05) is 0 Å². The van der Waals surface area contributed by atoms with Gasteiger partial charge in [0.2, 0.25) is 0 Å². The highest BCUT2D eigenvalue weighted by Crippen LogP contribution is 2.44. The Bertz CT molecular complexity index is 585. The minimum atomic E-state index is -0.880. The molecule has 1 heteroatoms. The molecule has 0 nitrogen and oxygen atoms in total. The third-order valence-electron chi connectivity index (χ3n) is 6.38. The fraction of sp³-hybridized carbons (Fsp3) is 0.600. The lowest BCUT2D eigenvalue weighted by Gasteiger charge is -2.22. The van der Waals surface area contributed by atoms with Crippen LogP contribution in [0.25, 0.3) is 0 Å². The Morgan fingerprint density at radius 3 is 2.38 bits per heavy atom. The molecule has 0 aromatic rings. The highest BCUT2D eigenvalue weighted by molar-refractivity contribution is 6.73. The third kappa shape index (κ3) is 2.34. The molecular weight excluding hydrogens is 268 g/mol. The van der Waals surface area contributed by atoms with Crippen molar-refractivity contribution in [3.05, 3.63) is 44.8 Å². The maximum Gasteiger partial charge on any atom is 0.0907 e.